The molecule has 11 heteroatoms. The number of likely N-dealkylation sites (tertiary alicyclic amines) is 1. The third-order valence-corrected chi connectivity index (χ3v) is 14.2. The van der Waals surface area contributed by atoms with Crippen molar-refractivity contribution in [1.82, 2.24) is 44.8 Å². The van der Waals surface area contributed by atoms with E-state index in [1.54, 1.807) is 4.90 Å². The molecular weight excluding hydrogens is 651 g/mol. The molecule has 8 bridgehead atoms. The molecule has 0 radical (unpaired) electrons. The fraction of sp³-hybridized carbons (Fsp3) is 0.610. The molecule has 6 heterocycles. The Hall–Kier alpha value is -4.28. The maximum absolute atomic E-state index is 13.5. The van der Waals surface area contributed by atoms with Crippen LogP contribution in [0.2, 0.25) is 0 Å². The number of imide groups is 1. The molecule has 1 saturated heterocycles. The second-order valence-corrected chi connectivity index (χ2v) is 17.0. The zero-order chi connectivity index (χ0) is 34.5. The summed E-state index contributed by atoms with van der Waals surface area (Å²) in [4.78, 5) is 67.9. The number of nitrogens with one attached hydrogen (secondary N) is 2. The van der Waals surface area contributed by atoms with Gasteiger partial charge in [0, 0.05) is 52.8 Å². The summed E-state index contributed by atoms with van der Waals surface area (Å²) in [6, 6.07) is 8.39. The Balaban J connectivity index is 1.05. The molecule has 9 atom stereocenters. The predicted molar refractivity (Wildman–Crippen MR) is 194 cm³/mol. The van der Waals surface area contributed by atoms with Crippen LogP contribution in [0.1, 0.15) is 167 Å². The summed E-state index contributed by atoms with van der Waals surface area (Å²) in [6.07, 6.45) is 15.5. The summed E-state index contributed by atoms with van der Waals surface area (Å²) in [5.74, 6) is 6.94. The zero-order valence-corrected chi connectivity index (χ0v) is 29.8. The van der Waals surface area contributed by atoms with Gasteiger partial charge in [0.2, 0.25) is 11.8 Å². The van der Waals surface area contributed by atoms with E-state index in [0.29, 0.717) is 12.5 Å². The highest BCUT2D eigenvalue weighted by molar-refractivity contribution is 6.05. The molecule has 52 heavy (non-hydrogen) atoms. The van der Waals surface area contributed by atoms with Crippen molar-refractivity contribution in [2.45, 2.75) is 132 Å². The standard InChI is InChI=1S/C41H47N9O2/c51-40-29-15-7-8-16-30(29)41(52)50(40)20-21-17-18-28-31(19-21)39-48-37-27-14-6-5-13-26(27)35(46-37)44-33-23-10-2-1-9-22(23)32(42-33)43-34-24-11-3-4-12-25(24)36(45-34)47-38(28)49-39/h1-2,9-10,21,24-31,42H,3-8,11-20H2,(H,43,44,45,46,47,48,49). The first-order valence-electron chi connectivity index (χ1n) is 20.3. The second kappa shape index (κ2) is 12.1. The van der Waals surface area contributed by atoms with Gasteiger partial charge >= 0.3 is 0 Å². The number of rotatable bonds is 2. The van der Waals surface area contributed by atoms with Gasteiger partial charge < -0.3 is 9.97 Å². The molecule has 11 rings (SSSR count). The highest BCUT2D eigenvalue weighted by Gasteiger charge is 2.50. The van der Waals surface area contributed by atoms with Gasteiger partial charge in [0.1, 0.15) is 46.2 Å². The van der Waals surface area contributed by atoms with E-state index in [2.05, 4.69) is 34.2 Å². The van der Waals surface area contributed by atoms with Crippen LogP contribution in [0, 0.1) is 17.8 Å². The van der Waals surface area contributed by atoms with Crippen molar-refractivity contribution in [1.29, 1.82) is 0 Å². The summed E-state index contributed by atoms with van der Waals surface area (Å²) in [5.41, 5.74) is 1.63. The van der Waals surface area contributed by atoms with E-state index in [9.17, 15) is 9.59 Å². The normalized spacial score (nSPS) is 33.3. The number of fused-ring (bicyclic) bond motifs is 21. The average Bonchev–Trinajstić information content (AvgIpc) is 3.96. The highest BCUT2D eigenvalue weighted by Crippen LogP contribution is 2.51. The van der Waals surface area contributed by atoms with E-state index < -0.39 is 0 Å². The summed E-state index contributed by atoms with van der Waals surface area (Å²) in [6.45, 7) is 0.522. The van der Waals surface area contributed by atoms with E-state index in [0.717, 1.165) is 134 Å². The lowest BCUT2D eigenvalue weighted by Crippen LogP contribution is -2.37. The molecule has 8 aliphatic rings. The molecule has 0 spiro atoms. The largest absolute Gasteiger partial charge is 0.331 e. The Morgan fingerprint density at radius 2 is 0.962 bits per heavy atom. The van der Waals surface area contributed by atoms with Crippen molar-refractivity contribution in [3.63, 3.8) is 0 Å². The van der Waals surface area contributed by atoms with Crippen molar-refractivity contribution >= 4 is 33.9 Å². The molecule has 2 N–H and O–H groups in total. The lowest BCUT2D eigenvalue weighted by molar-refractivity contribution is -0.140. The van der Waals surface area contributed by atoms with E-state index in [1.807, 2.05) is 0 Å². The number of carbonyl (C=O) groups excluding carboxylic acids is 2. The second-order valence-electron chi connectivity index (χ2n) is 17.0. The van der Waals surface area contributed by atoms with Gasteiger partial charge in [0.05, 0.1) is 11.8 Å². The summed E-state index contributed by atoms with van der Waals surface area (Å²) >= 11 is 0. The van der Waals surface area contributed by atoms with Gasteiger partial charge in [0.25, 0.3) is 0 Å². The number of hydrogen-bond donors (Lipinski definition) is 2. The minimum absolute atomic E-state index is 0.0733. The Morgan fingerprint density at radius 1 is 0.500 bits per heavy atom. The number of H-pyrrole nitrogens is 2. The molecule has 4 aliphatic carbocycles. The number of benzene rings is 1. The van der Waals surface area contributed by atoms with Crippen molar-refractivity contribution < 1.29 is 9.59 Å². The van der Waals surface area contributed by atoms with E-state index in [1.165, 1.54) is 19.3 Å². The van der Waals surface area contributed by atoms with Gasteiger partial charge in [0.15, 0.2) is 0 Å². The predicted octanol–water partition coefficient (Wildman–Crippen LogP) is 7.50. The van der Waals surface area contributed by atoms with Crippen LogP contribution in [0.4, 0.5) is 0 Å². The van der Waals surface area contributed by atoms with Crippen LogP contribution in [-0.4, -0.2) is 63.1 Å². The summed E-state index contributed by atoms with van der Waals surface area (Å²) < 4.78 is 0. The minimum atomic E-state index is -0.101. The van der Waals surface area contributed by atoms with Crippen molar-refractivity contribution in [3.05, 3.63) is 59.2 Å². The number of hydrogen-bond acceptors (Lipinski definition) is 8. The van der Waals surface area contributed by atoms with Gasteiger partial charge in [-0.05, 0) is 63.7 Å². The van der Waals surface area contributed by atoms with E-state index >= 15 is 0 Å². The number of carbonyl (C=O) groups is 2. The van der Waals surface area contributed by atoms with Gasteiger partial charge in [-0.2, -0.15) is 0 Å². The minimum Gasteiger partial charge on any atom is -0.331 e. The van der Waals surface area contributed by atoms with Crippen molar-refractivity contribution in [3.8, 4) is 0 Å². The Morgan fingerprint density at radius 3 is 1.56 bits per heavy atom. The lowest BCUT2D eigenvalue weighted by Gasteiger charge is -2.33. The van der Waals surface area contributed by atoms with Crippen LogP contribution in [0.3, 0.4) is 0 Å². The molecule has 2 amide bonds. The Bertz CT molecular complexity index is 2150. The smallest absolute Gasteiger partial charge is 0.233 e. The lowest BCUT2D eigenvalue weighted by atomic mass is 9.74. The molecule has 11 nitrogen and oxygen atoms in total. The third kappa shape index (κ3) is 4.89. The molecule has 268 valence electrons. The van der Waals surface area contributed by atoms with Crippen LogP contribution in [0.5, 0.6) is 0 Å². The summed E-state index contributed by atoms with van der Waals surface area (Å²) in [7, 11) is 0. The van der Waals surface area contributed by atoms with Gasteiger partial charge in [-0.25, -0.2) is 29.9 Å². The van der Waals surface area contributed by atoms with Crippen molar-refractivity contribution in [2.75, 3.05) is 6.54 Å². The SMILES string of the molecule is O=C1C2CCCCC2C(=O)N1CC1CCC2c3nc(nc4nc(nc5[nH]c(nc6nc([nH]3)C3CCCCC63)c3ccccc53)C3CCCCC43)C2C1. The Kier molecular flexibility index (Phi) is 7.29. The topological polar surface area (TPSA) is 146 Å². The maximum atomic E-state index is 13.5. The van der Waals surface area contributed by atoms with Crippen LogP contribution < -0.4 is 0 Å². The quantitative estimate of drug-likeness (QED) is 0.262. The monoisotopic (exact) mass is 697 g/mol. The molecule has 2 aromatic heterocycles. The fourth-order valence-corrected chi connectivity index (χ4v) is 11.6. The number of aromatic nitrogens is 8. The van der Waals surface area contributed by atoms with Gasteiger partial charge in [-0.1, -0.05) is 62.8 Å². The van der Waals surface area contributed by atoms with E-state index in [-0.39, 0.29) is 59.2 Å². The third-order valence-electron chi connectivity index (χ3n) is 14.2. The maximum Gasteiger partial charge on any atom is 0.233 e. The molecule has 9 unspecified atom stereocenters. The first kappa shape index (κ1) is 31.3. The van der Waals surface area contributed by atoms with Crippen LogP contribution in [0.15, 0.2) is 24.3 Å². The first-order chi connectivity index (χ1) is 25.6. The summed E-state index contributed by atoms with van der Waals surface area (Å²) in [5, 5.41) is 2.11. The number of aromatic amines is 2. The van der Waals surface area contributed by atoms with E-state index in [4.69, 9.17) is 29.9 Å². The van der Waals surface area contributed by atoms with Gasteiger partial charge in [-0.15, -0.1) is 0 Å². The van der Waals surface area contributed by atoms with Crippen LogP contribution in [-0.2, 0) is 9.59 Å². The van der Waals surface area contributed by atoms with Crippen molar-refractivity contribution in [2.24, 2.45) is 17.8 Å². The number of nitrogens with zero attached hydrogens (tertiary/aromatic N) is 7. The van der Waals surface area contributed by atoms with Gasteiger partial charge in [-0.3, -0.25) is 14.5 Å². The molecule has 4 aliphatic heterocycles. The molecule has 1 aromatic carbocycles. The molecule has 3 aromatic rings. The molecule has 4 saturated carbocycles. The Labute approximate surface area is 303 Å². The first-order valence-corrected chi connectivity index (χ1v) is 20.3. The number of amides is 2. The molecular formula is C41H47N9O2. The van der Waals surface area contributed by atoms with Crippen LogP contribution in [0.25, 0.3) is 22.1 Å². The zero-order valence-electron chi connectivity index (χ0n) is 29.8. The van der Waals surface area contributed by atoms with Crippen LogP contribution >= 0.6 is 0 Å². The fourth-order valence-electron chi connectivity index (χ4n) is 11.6. The molecule has 5 fully saturated rings. The highest BCUT2D eigenvalue weighted by atomic mass is 16.2. The average molecular weight is 698 g/mol.